The maximum Gasteiger partial charge on any atom is 0.337 e. The van der Waals surface area contributed by atoms with E-state index in [4.69, 9.17) is 4.74 Å². The number of hydrogen-bond acceptors (Lipinski definition) is 4. The van der Waals surface area contributed by atoms with Gasteiger partial charge in [0.05, 0.1) is 22.9 Å². The first-order valence-corrected chi connectivity index (χ1v) is 8.21. The lowest BCUT2D eigenvalue weighted by Crippen LogP contribution is -2.15. The van der Waals surface area contributed by atoms with Crippen LogP contribution < -0.4 is 4.80 Å². The first-order chi connectivity index (χ1) is 10.6. The number of esters is 1. The number of thiazole rings is 1. The molecule has 0 unspecified atom stereocenters. The number of carbonyl (C=O) groups is 2. The Labute approximate surface area is 133 Å². The second-order valence-corrected chi connectivity index (χ2v) is 5.92. The maximum absolute atomic E-state index is 11.9. The molecule has 6 heteroatoms. The van der Waals surface area contributed by atoms with Gasteiger partial charge < -0.3 is 9.30 Å². The minimum Gasteiger partial charge on any atom is -0.465 e. The molecule has 0 atom stereocenters. The molecule has 1 amide bonds. The second kappa shape index (κ2) is 7.35. The molecule has 0 saturated carbocycles. The highest BCUT2D eigenvalue weighted by atomic mass is 32.1. The smallest absolute Gasteiger partial charge is 0.337 e. The van der Waals surface area contributed by atoms with E-state index >= 15 is 0 Å². The predicted molar refractivity (Wildman–Crippen MR) is 86.9 cm³/mol. The van der Waals surface area contributed by atoms with Gasteiger partial charge in [-0.2, -0.15) is 4.99 Å². The van der Waals surface area contributed by atoms with Crippen molar-refractivity contribution in [2.75, 3.05) is 7.11 Å². The van der Waals surface area contributed by atoms with Crippen LogP contribution in [-0.4, -0.2) is 23.6 Å². The summed E-state index contributed by atoms with van der Waals surface area (Å²) in [4.78, 5) is 28.4. The van der Waals surface area contributed by atoms with E-state index in [2.05, 4.69) is 4.99 Å². The summed E-state index contributed by atoms with van der Waals surface area (Å²) in [5, 5.41) is 0. The molecule has 0 aliphatic carbocycles. The Kier molecular flexibility index (Phi) is 5.49. The highest BCUT2D eigenvalue weighted by Crippen LogP contribution is 2.19. The number of carbonyl (C=O) groups excluding carboxylic acids is 2. The molecule has 0 aliphatic rings. The van der Waals surface area contributed by atoms with Crippen LogP contribution >= 0.6 is 11.3 Å². The lowest BCUT2D eigenvalue weighted by atomic mass is 10.2. The normalized spacial score (nSPS) is 11.9. The van der Waals surface area contributed by atoms with E-state index in [0.717, 1.165) is 29.6 Å². The summed E-state index contributed by atoms with van der Waals surface area (Å²) < 4.78 is 7.65. The summed E-state index contributed by atoms with van der Waals surface area (Å²) >= 11 is 1.42. The molecule has 0 radical (unpaired) electrons. The molecule has 0 bridgehead atoms. The number of aryl methyl sites for hydroxylation is 1. The average molecular weight is 320 g/mol. The fraction of sp³-hybridized carbons (Fsp3) is 0.438. The Morgan fingerprint density at radius 2 is 2.09 bits per heavy atom. The Morgan fingerprint density at radius 1 is 1.32 bits per heavy atom. The number of benzene rings is 1. The molecule has 1 aromatic carbocycles. The van der Waals surface area contributed by atoms with E-state index in [1.807, 2.05) is 24.5 Å². The number of nitrogens with zero attached hydrogens (tertiary/aromatic N) is 2. The van der Waals surface area contributed by atoms with Crippen molar-refractivity contribution in [3.8, 4) is 0 Å². The molecule has 5 nitrogen and oxygen atoms in total. The molecule has 118 valence electrons. The molecule has 0 N–H and O–H groups in total. The Hall–Kier alpha value is -1.95. The number of hydrogen-bond donors (Lipinski definition) is 0. The van der Waals surface area contributed by atoms with Crippen molar-refractivity contribution in [1.82, 2.24) is 4.57 Å². The lowest BCUT2D eigenvalue weighted by Gasteiger charge is -2.02. The van der Waals surface area contributed by atoms with Crippen molar-refractivity contribution in [3.05, 3.63) is 28.6 Å². The van der Waals surface area contributed by atoms with Crippen LogP contribution in [0.4, 0.5) is 0 Å². The quantitative estimate of drug-likeness (QED) is 0.795. The summed E-state index contributed by atoms with van der Waals surface area (Å²) in [7, 11) is 1.36. The minimum atomic E-state index is -0.365. The van der Waals surface area contributed by atoms with E-state index in [1.165, 1.54) is 18.4 Å². The van der Waals surface area contributed by atoms with Crippen LogP contribution in [0.5, 0.6) is 0 Å². The molecule has 0 spiro atoms. The summed E-state index contributed by atoms with van der Waals surface area (Å²) in [6.07, 6.45) is 2.30. The van der Waals surface area contributed by atoms with Gasteiger partial charge in [0.15, 0.2) is 4.80 Å². The van der Waals surface area contributed by atoms with Gasteiger partial charge in [0, 0.05) is 13.0 Å². The predicted octanol–water partition coefficient (Wildman–Crippen LogP) is 3.13. The first-order valence-electron chi connectivity index (χ1n) is 7.40. The van der Waals surface area contributed by atoms with Crippen LogP contribution in [0.25, 0.3) is 10.2 Å². The van der Waals surface area contributed by atoms with Gasteiger partial charge in [-0.15, -0.1) is 0 Å². The Bertz CT molecular complexity index is 758. The SMILES string of the molecule is CCCCC(=O)N=c1sc2cc(C(=O)OC)ccc2n1CC. The first kappa shape index (κ1) is 16.4. The molecule has 2 rings (SSSR count). The zero-order valence-corrected chi connectivity index (χ0v) is 13.9. The van der Waals surface area contributed by atoms with Crippen molar-refractivity contribution in [3.63, 3.8) is 0 Å². The van der Waals surface area contributed by atoms with Gasteiger partial charge in [-0.05, 0) is 31.5 Å². The molecular weight excluding hydrogens is 300 g/mol. The van der Waals surface area contributed by atoms with Crippen LogP contribution in [0.3, 0.4) is 0 Å². The van der Waals surface area contributed by atoms with Gasteiger partial charge >= 0.3 is 5.97 Å². The van der Waals surface area contributed by atoms with E-state index in [1.54, 1.807) is 12.1 Å². The third kappa shape index (κ3) is 3.44. The highest BCUT2D eigenvalue weighted by molar-refractivity contribution is 7.16. The monoisotopic (exact) mass is 320 g/mol. The Morgan fingerprint density at radius 3 is 2.73 bits per heavy atom. The van der Waals surface area contributed by atoms with Crippen molar-refractivity contribution in [2.45, 2.75) is 39.7 Å². The van der Waals surface area contributed by atoms with Crippen LogP contribution in [-0.2, 0) is 16.1 Å². The Balaban J connectivity index is 2.49. The summed E-state index contributed by atoms with van der Waals surface area (Å²) in [5.74, 6) is -0.459. The number of aromatic nitrogens is 1. The fourth-order valence-electron chi connectivity index (χ4n) is 2.20. The zero-order valence-electron chi connectivity index (χ0n) is 13.1. The largest absolute Gasteiger partial charge is 0.465 e. The van der Waals surface area contributed by atoms with E-state index in [-0.39, 0.29) is 11.9 Å². The second-order valence-electron chi connectivity index (χ2n) is 4.91. The van der Waals surface area contributed by atoms with Crippen LogP contribution in [0, 0.1) is 0 Å². The fourth-order valence-corrected chi connectivity index (χ4v) is 3.35. The van der Waals surface area contributed by atoms with Crippen molar-refractivity contribution < 1.29 is 14.3 Å². The number of ether oxygens (including phenoxy) is 1. The number of unbranched alkanes of at least 4 members (excludes halogenated alkanes) is 1. The van der Waals surface area contributed by atoms with Crippen LogP contribution in [0.2, 0.25) is 0 Å². The molecular formula is C16H20N2O3S. The lowest BCUT2D eigenvalue weighted by molar-refractivity contribution is -0.118. The zero-order chi connectivity index (χ0) is 16.1. The number of rotatable bonds is 5. The van der Waals surface area contributed by atoms with E-state index < -0.39 is 0 Å². The summed E-state index contributed by atoms with van der Waals surface area (Å²) in [5.41, 5.74) is 1.48. The van der Waals surface area contributed by atoms with Gasteiger partial charge in [-0.25, -0.2) is 4.79 Å². The topological polar surface area (TPSA) is 60.7 Å². The van der Waals surface area contributed by atoms with Crippen molar-refractivity contribution >= 4 is 33.4 Å². The van der Waals surface area contributed by atoms with Crippen molar-refractivity contribution in [2.24, 2.45) is 4.99 Å². The molecule has 0 fully saturated rings. The molecule has 0 aliphatic heterocycles. The molecule has 1 aromatic heterocycles. The number of fused-ring (bicyclic) bond motifs is 1. The van der Waals surface area contributed by atoms with E-state index in [0.29, 0.717) is 16.8 Å². The summed E-state index contributed by atoms with van der Waals surface area (Å²) in [6, 6.07) is 5.39. The molecule has 1 heterocycles. The summed E-state index contributed by atoms with van der Waals surface area (Å²) in [6.45, 7) is 4.78. The third-order valence-corrected chi connectivity index (χ3v) is 4.43. The minimum absolute atomic E-state index is 0.0937. The van der Waals surface area contributed by atoms with E-state index in [9.17, 15) is 9.59 Å². The van der Waals surface area contributed by atoms with Gasteiger partial charge in [0.1, 0.15) is 0 Å². The van der Waals surface area contributed by atoms with Crippen LogP contribution in [0.15, 0.2) is 23.2 Å². The van der Waals surface area contributed by atoms with Gasteiger partial charge in [0.25, 0.3) is 0 Å². The molecule has 0 saturated heterocycles. The standard InChI is InChI=1S/C16H20N2O3S/c1-4-6-7-14(19)17-16-18(5-2)12-9-8-11(15(20)21-3)10-13(12)22-16/h8-10H,4-7H2,1-3H3. The number of methoxy groups -OCH3 is 1. The van der Waals surface area contributed by atoms with Gasteiger partial charge in [-0.3, -0.25) is 4.79 Å². The molecule has 22 heavy (non-hydrogen) atoms. The van der Waals surface area contributed by atoms with Gasteiger partial charge in [-0.1, -0.05) is 24.7 Å². The van der Waals surface area contributed by atoms with Gasteiger partial charge in [0.2, 0.25) is 5.91 Å². The third-order valence-electron chi connectivity index (χ3n) is 3.38. The maximum atomic E-state index is 11.9. The van der Waals surface area contributed by atoms with Crippen LogP contribution in [0.1, 0.15) is 43.5 Å². The highest BCUT2D eigenvalue weighted by Gasteiger charge is 2.11. The average Bonchev–Trinajstić information content (AvgIpc) is 2.87. The molecule has 2 aromatic rings. The van der Waals surface area contributed by atoms with Crippen molar-refractivity contribution in [1.29, 1.82) is 0 Å². The number of amides is 1.